The quantitative estimate of drug-likeness (QED) is 0.355. The van der Waals surface area contributed by atoms with E-state index in [0.717, 1.165) is 6.42 Å². The molecule has 124 valence electrons. The van der Waals surface area contributed by atoms with Gasteiger partial charge >= 0.3 is 59.1 Å². The molecule has 5 heteroatoms. The molecule has 0 unspecified atom stereocenters. The molecule has 3 nitrogen and oxygen atoms in total. The molecule has 0 aliphatic rings. The van der Waals surface area contributed by atoms with Gasteiger partial charge in [0, 0.05) is 0 Å². The Bertz CT molecular complexity index is 940. The normalized spacial score (nSPS) is 9.48. The van der Waals surface area contributed by atoms with Gasteiger partial charge in [-0.05, 0) is 45.2 Å². The summed E-state index contributed by atoms with van der Waals surface area (Å²) >= 11 is 0. The van der Waals surface area contributed by atoms with Crippen molar-refractivity contribution in [3.8, 4) is 0 Å². The molecule has 0 bridgehead atoms. The van der Waals surface area contributed by atoms with Crippen LogP contribution in [0.2, 0.25) is 0 Å². The molecule has 4 aromatic carbocycles. The van der Waals surface area contributed by atoms with Crippen molar-refractivity contribution in [1.29, 1.82) is 0 Å². The number of hydrogen-bond acceptors (Lipinski definition) is 3. The summed E-state index contributed by atoms with van der Waals surface area (Å²) in [5, 5.41) is 22.0. The van der Waals surface area contributed by atoms with Gasteiger partial charge in [0.05, 0.1) is 0 Å². The van der Waals surface area contributed by atoms with Crippen LogP contribution in [0.1, 0.15) is 11.1 Å². The van der Waals surface area contributed by atoms with Gasteiger partial charge in [-0.15, -0.1) is 0 Å². The fraction of sp³-hybridized carbons (Fsp3) is 0.0455. The third-order valence-electron chi connectivity index (χ3n) is 4.14. The molecule has 0 saturated carbocycles. The van der Waals surface area contributed by atoms with Crippen LogP contribution in [0, 0.1) is 0 Å². The first-order valence-electron chi connectivity index (χ1n) is 7.96. The summed E-state index contributed by atoms with van der Waals surface area (Å²) in [6, 6.07) is 30.4. The van der Waals surface area contributed by atoms with Gasteiger partial charge in [-0.2, -0.15) is 0 Å². The molecule has 0 fully saturated rings. The van der Waals surface area contributed by atoms with Gasteiger partial charge in [-0.25, -0.2) is 0 Å². The second-order valence-electron chi connectivity index (χ2n) is 5.70. The van der Waals surface area contributed by atoms with Gasteiger partial charge < -0.3 is 15.0 Å². The van der Waals surface area contributed by atoms with Gasteiger partial charge in [0.2, 0.25) is 0 Å². The average Bonchev–Trinajstić information content (AvgIpc) is 2.62. The Morgan fingerprint density at radius 2 is 0.926 bits per heavy atom. The van der Waals surface area contributed by atoms with Crippen LogP contribution in [-0.4, -0.2) is 6.16 Å². The maximum absolute atomic E-state index is 8.33. The topological polar surface area (TPSA) is 63.2 Å². The Hall–Kier alpha value is -1.33. The molecule has 4 aromatic rings. The van der Waals surface area contributed by atoms with Gasteiger partial charge in [0.15, 0.2) is 0 Å². The molecule has 4 rings (SSSR count). The van der Waals surface area contributed by atoms with E-state index in [1.807, 2.05) is 0 Å². The third-order valence-corrected chi connectivity index (χ3v) is 4.14. The predicted octanol–water partition coefficient (Wildman–Crippen LogP) is -2.86. The molecule has 0 atom stereocenters. The van der Waals surface area contributed by atoms with E-state index >= 15 is 0 Å². The molecule has 0 radical (unpaired) electrons. The van der Waals surface area contributed by atoms with Crippen LogP contribution in [0.5, 0.6) is 0 Å². The largest absolute Gasteiger partial charge is 1.00 e. The van der Waals surface area contributed by atoms with Crippen molar-refractivity contribution >= 4 is 27.7 Å². The SMILES string of the molecule is O=C([O-])[O-].[Na+].[Na+].c1ccc2c(Cc3cccc4ccccc34)cccc2c1. The van der Waals surface area contributed by atoms with Crippen molar-refractivity contribution in [2.75, 3.05) is 0 Å². The maximum atomic E-state index is 8.33. The number of fused-ring (bicyclic) bond motifs is 2. The Morgan fingerprint density at radius 1 is 0.593 bits per heavy atom. The smallest absolute Gasteiger partial charge is 0.652 e. The van der Waals surface area contributed by atoms with Crippen LogP contribution >= 0.6 is 0 Å². The number of carbonyl (C=O) groups excluding carboxylic acids is 1. The maximum Gasteiger partial charge on any atom is 1.00 e. The van der Waals surface area contributed by atoms with E-state index in [-0.39, 0.29) is 59.1 Å². The van der Waals surface area contributed by atoms with Gasteiger partial charge in [-0.1, -0.05) is 84.9 Å². The molecule has 0 heterocycles. The fourth-order valence-corrected chi connectivity index (χ4v) is 3.10. The van der Waals surface area contributed by atoms with Crippen molar-refractivity contribution < 1.29 is 74.1 Å². The molecular formula is C22H16Na2O3. The fourth-order valence-electron chi connectivity index (χ4n) is 3.10. The third kappa shape index (κ3) is 6.35. The predicted molar refractivity (Wildman–Crippen MR) is 96.1 cm³/mol. The molecule has 0 aliphatic carbocycles. The second kappa shape index (κ2) is 11.5. The van der Waals surface area contributed by atoms with Gasteiger partial charge in [-0.3, -0.25) is 0 Å². The number of carboxylic acid groups (broad SMARTS) is 2. The van der Waals surface area contributed by atoms with Crippen molar-refractivity contribution in [3.63, 3.8) is 0 Å². The summed E-state index contributed by atoms with van der Waals surface area (Å²) in [7, 11) is 0. The zero-order chi connectivity index (χ0) is 17.6. The van der Waals surface area contributed by atoms with Crippen LogP contribution < -0.4 is 69.3 Å². The number of benzene rings is 4. The van der Waals surface area contributed by atoms with Crippen LogP contribution in [0.4, 0.5) is 4.79 Å². The Morgan fingerprint density at radius 3 is 1.33 bits per heavy atom. The van der Waals surface area contributed by atoms with Crippen molar-refractivity contribution in [2.24, 2.45) is 0 Å². The standard InChI is InChI=1S/C21H16.CH2O3.2Na/c1-3-13-20-16(7-1)9-5-11-18(20)15-19-12-6-10-17-8-2-4-14-21(17)19;2-1(3)4;;/h1-14H,15H2;(H2,2,3,4);;/q;;2*+1/p-2. The van der Waals surface area contributed by atoms with Crippen LogP contribution in [-0.2, 0) is 6.42 Å². The van der Waals surface area contributed by atoms with Crippen LogP contribution in [0.15, 0.2) is 84.9 Å². The van der Waals surface area contributed by atoms with Crippen LogP contribution in [0.25, 0.3) is 21.5 Å². The summed E-state index contributed by atoms with van der Waals surface area (Å²) in [6.45, 7) is 0. The van der Waals surface area contributed by atoms with E-state index < -0.39 is 6.16 Å². The summed E-state index contributed by atoms with van der Waals surface area (Å²) < 4.78 is 0. The minimum atomic E-state index is -2.33. The molecule has 0 spiro atoms. The summed E-state index contributed by atoms with van der Waals surface area (Å²) in [5.74, 6) is 0. The number of rotatable bonds is 2. The zero-order valence-corrected chi connectivity index (χ0v) is 19.5. The zero-order valence-electron chi connectivity index (χ0n) is 15.5. The first-order chi connectivity index (χ1) is 12.1. The monoisotopic (exact) mass is 374 g/mol. The van der Waals surface area contributed by atoms with Crippen LogP contribution in [0.3, 0.4) is 0 Å². The number of carbonyl (C=O) groups is 1. The first kappa shape index (κ1) is 23.7. The van der Waals surface area contributed by atoms with E-state index in [2.05, 4.69) is 84.9 Å². The van der Waals surface area contributed by atoms with E-state index in [1.165, 1.54) is 32.7 Å². The Kier molecular flexibility index (Phi) is 10.1. The van der Waals surface area contributed by atoms with Crippen molar-refractivity contribution in [2.45, 2.75) is 6.42 Å². The van der Waals surface area contributed by atoms with Crippen molar-refractivity contribution in [3.05, 3.63) is 96.1 Å². The molecule has 0 aliphatic heterocycles. The summed E-state index contributed by atoms with van der Waals surface area (Å²) in [5.41, 5.74) is 2.79. The molecular weight excluding hydrogens is 358 g/mol. The van der Waals surface area contributed by atoms with Gasteiger partial charge in [0.1, 0.15) is 0 Å². The van der Waals surface area contributed by atoms with Crippen molar-refractivity contribution in [1.82, 2.24) is 0 Å². The Labute approximate surface area is 202 Å². The summed E-state index contributed by atoms with van der Waals surface area (Å²) in [4.78, 5) is 8.33. The molecule has 0 aromatic heterocycles. The number of hydrogen-bond donors (Lipinski definition) is 0. The summed E-state index contributed by atoms with van der Waals surface area (Å²) in [6.07, 6.45) is -1.36. The van der Waals surface area contributed by atoms with Gasteiger partial charge in [0.25, 0.3) is 0 Å². The molecule has 0 amide bonds. The second-order valence-corrected chi connectivity index (χ2v) is 5.70. The first-order valence-corrected chi connectivity index (χ1v) is 7.96. The Balaban J connectivity index is 0.000000558. The minimum Gasteiger partial charge on any atom is -0.652 e. The molecule has 27 heavy (non-hydrogen) atoms. The van der Waals surface area contributed by atoms with E-state index in [4.69, 9.17) is 15.0 Å². The molecule has 0 saturated heterocycles. The van der Waals surface area contributed by atoms with E-state index in [1.54, 1.807) is 0 Å². The molecule has 0 N–H and O–H groups in total. The van der Waals surface area contributed by atoms with E-state index in [9.17, 15) is 0 Å². The van der Waals surface area contributed by atoms with E-state index in [0.29, 0.717) is 0 Å². The average molecular weight is 374 g/mol. The minimum absolute atomic E-state index is 0.